The molecular formula is C19H20FN3O2. The molecule has 2 aromatic rings. The molecule has 130 valence electrons. The highest BCUT2D eigenvalue weighted by Gasteiger charge is 2.49. The predicted octanol–water partition coefficient (Wildman–Crippen LogP) is 2.62. The van der Waals surface area contributed by atoms with Crippen LogP contribution in [-0.4, -0.2) is 28.9 Å². The van der Waals surface area contributed by atoms with E-state index in [0.717, 1.165) is 35.4 Å². The van der Waals surface area contributed by atoms with Crippen LogP contribution in [0.5, 0.6) is 0 Å². The van der Waals surface area contributed by atoms with Crippen LogP contribution in [0, 0.1) is 11.2 Å². The smallest absolute Gasteiger partial charge is 0.316 e. The first-order valence-electron chi connectivity index (χ1n) is 8.41. The van der Waals surface area contributed by atoms with Crippen molar-refractivity contribution in [1.29, 1.82) is 0 Å². The molecule has 1 aromatic heterocycles. The molecule has 6 heteroatoms. The van der Waals surface area contributed by atoms with E-state index >= 15 is 0 Å². The number of rotatable bonds is 2. The zero-order chi connectivity index (χ0) is 17.6. The van der Waals surface area contributed by atoms with Gasteiger partial charge in [0.2, 0.25) is 0 Å². The Bertz CT molecular complexity index is 856. The average Bonchev–Trinajstić information content (AvgIpc) is 3.02. The fourth-order valence-electron chi connectivity index (χ4n) is 4.10. The van der Waals surface area contributed by atoms with Crippen molar-refractivity contribution in [3.63, 3.8) is 0 Å². The molecule has 0 bridgehead atoms. The molecule has 1 aromatic carbocycles. The lowest BCUT2D eigenvalue weighted by Crippen LogP contribution is -2.46. The summed E-state index contributed by atoms with van der Waals surface area (Å²) in [5.74, 6) is -0.511. The molecule has 25 heavy (non-hydrogen) atoms. The fraction of sp³-hybridized carbons (Fsp3) is 0.368. The van der Waals surface area contributed by atoms with E-state index in [1.54, 1.807) is 23.0 Å². The number of carbonyl (C=O) groups excluding carboxylic acids is 1. The normalized spacial score (nSPS) is 24.9. The van der Waals surface area contributed by atoms with Gasteiger partial charge in [0.15, 0.2) is 0 Å². The van der Waals surface area contributed by atoms with Crippen LogP contribution in [0.15, 0.2) is 36.0 Å². The van der Waals surface area contributed by atoms with Crippen molar-refractivity contribution in [3.8, 4) is 5.69 Å². The minimum absolute atomic E-state index is 0.00931. The number of hydrogen-bond donors (Lipinski definition) is 1. The Balaban J connectivity index is 1.81. The summed E-state index contributed by atoms with van der Waals surface area (Å²) in [7, 11) is 1.42. The van der Waals surface area contributed by atoms with Gasteiger partial charge in [0, 0.05) is 6.04 Å². The highest BCUT2D eigenvalue weighted by atomic mass is 19.1. The second kappa shape index (κ2) is 5.81. The molecule has 0 amide bonds. The molecule has 1 saturated carbocycles. The zero-order valence-corrected chi connectivity index (χ0v) is 14.0. The van der Waals surface area contributed by atoms with E-state index in [9.17, 15) is 9.18 Å². The Hall–Kier alpha value is -2.47. The summed E-state index contributed by atoms with van der Waals surface area (Å²) < 4.78 is 20.1. The van der Waals surface area contributed by atoms with Gasteiger partial charge in [0.05, 0.1) is 30.1 Å². The third-order valence-electron chi connectivity index (χ3n) is 5.35. The molecule has 0 unspecified atom stereocenters. The van der Waals surface area contributed by atoms with Crippen molar-refractivity contribution in [2.45, 2.75) is 31.7 Å². The molecule has 2 aliphatic rings. The van der Waals surface area contributed by atoms with Crippen LogP contribution in [0.25, 0.3) is 11.8 Å². The first kappa shape index (κ1) is 16.0. The zero-order valence-electron chi connectivity index (χ0n) is 14.0. The van der Waals surface area contributed by atoms with Gasteiger partial charge in [0.1, 0.15) is 5.82 Å². The molecule has 2 aliphatic carbocycles. The molecule has 0 spiro atoms. The van der Waals surface area contributed by atoms with E-state index in [-0.39, 0.29) is 17.8 Å². The van der Waals surface area contributed by atoms with Crippen molar-refractivity contribution in [2.75, 3.05) is 7.11 Å². The molecule has 2 N–H and O–H groups in total. The van der Waals surface area contributed by atoms with Gasteiger partial charge in [-0.2, -0.15) is 5.10 Å². The number of nitrogens with two attached hydrogens (primary N) is 1. The number of aromatic nitrogens is 2. The van der Waals surface area contributed by atoms with Crippen molar-refractivity contribution < 1.29 is 13.9 Å². The standard InChI is InChI=1S/C19H20FN3O2/c1-25-18(24)19-9-12-11-22-23(16-6-3-14(20)4-7-16)17(12)8-13(19)2-5-15(21)10-19/h3-4,6-8,11,15H,2,5,9-10,21H2,1H3/t15-,19-/m0/s1. The molecule has 4 rings (SSSR count). The summed E-state index contributed by atoms with van der Waals surface area (Å²) in [4.78, 5) is 12.6. The van der Waals surface area contributed by atoms with E-state index in [0.29, 0.717) is 12.8 Å². The maximum atomic E-state index is 13.2. The number of methoxy groups -OCH3 is 1. The van der Waals surface area contributed by atoms with Gasteiger partial charge >= 0.3 is 5.97 Å². The highest BCUT2D eigenvalue weighted by Crippen LogP contribution is 2.48. The lowest BCUT2D eigenvalue weighted by molar-refractivity contribution is -0.151. The van der Waals surface area contributed by atoms with Crippen LogP contribution >= 0.6 is 0 Å². The van der Waals surface area contributed by atoms with E-state index in [1.807, 2.05) is 6.08 Å². The van der Waals surface area contributed by atoms with Gasteiger partial charge in [-0.15, -0.1) is 0 Å². The van der Waals surface area contributed by atoms with E-state index in [1.165, 1.54) is 19.2 Å². The van der Waals surface area contributed by atoms with Crippen molar-refractivity contribution in [3.05, 3.63) is 53.1 Å². The Morgan fingerprint density at radius 3 is 2.88 bits per heavy atom. The largest absolute Gasteiger partial charge is 0.468 e. The minimum atomic E-state index is -0.684. The lowest BCUT2D eigenvalue weighted by Gasteiger charge is -2.41. The Labute approximate surface area is 145 Å². The monoisotopic (exact) mass is 341 g/mol. The lowest BCUT2D eigenvalue weighted by atomic mass is 9.63. The molecule has 2 atom stereocenters. The number of esters is 1. The summed E-state index contributed by atoms with van der Waals surface area (Å²) in [6.07, 6.45) is 6.56. The summed E-state index contributed by atoms with van der Waals surface area (Å²) in [5.41, 5.74) is 9.24. The maximum absolute atomic E-state index is 13.2. The third-order valence-corrected chi connectivity index (χ3v) is 5.35. The van der Waals surface area contributed by atoms with Gasteiger partial charge < -0.3 is 10.5 Å². The number of nitrogens with zero attached hydrogens (tertiary/aromatic N) is 2. The van der Waals surface area contributed by atoms with Crippen molar-refractivity contribution in [1.82, 2.24) is 9.78 Å². The number of fused-ring (bicyclic) bond motifs is 2. The van der Waals surface area contributed by atoms with Gasteiger partial charge in [-0.1, -0.05) is 5.57 Å². The van der Waals surface area contributed by atoms with Gasteiger partial charge in [-0.3, -0.25) is 4.79 Å². The van der Waals surface area contributed by atoms with E-state index < -0.39 is 5.41 Å². The number of ether oxygens (including phenoxy) is 1. The molecule has 1 fully saturated rings. The van der Waals surface area contributed by atoms with E-state index in [2.05, 4.69) is 5.10 Å². The van der Waals surface area contributed by atoms with Crippen molar-refractivity contribution >= 4 is 12.0 Å². The summed E-state index contributed by atoms with van der Waals surface area (Å²) in [6, 6.07) is 6.21. The molecule has 0 aliphatic heterocycles. The maximum Gasteiger partial charge on any atom is 0.316 e. The third kappa shape index (κ3) is 2.48. The van der Waals surface area contributed by atoms with Crippen molar-refractivity contribution in [2.24, 2.45) is 11.1 Å². The number of benzene rings is 1. The average molecular weight is 341 g/mol. The molecule has 0 saturated heterocycles. The number of carbonyl (C=O) groups is 1. The fourth-order valence-corrected chi connectivity index (χ4v) is 4.10. The molecule has 5 nitrogen and oxygen atoms in total. The van der Waals surface area contributed by atoms with Crippen LogP contribution in [0.3, 0.4) is 0 Å². The summed E-state index contributed by atoms with van der Waals surface area (Å²) >= 11 is 0. The van der Waals surface area contributed by atoms with Crippen LogP contribution in [0.1, 0.15) is 30.5 Å². The molecule has 1 heterocycles. The van der Waals surface area contributed by atoms with Crippen LogP contribution in [0.2, 0.25) is 0 Å². The second-order valence-corrected chi connectivity index (χ2v) is 6.87. The van der Waals surface area contributed by atoms with Gasteiger partial charge in [-0.25, -0.2) is 9.07 Å². The van der Waals surface area contributed by atoms with Crippen LogP contribution in [0.4, 0.5) is 4.39 Å². The number of hydrogen-bond acceptors (Lipinski definition) is 4. The molecule has 0 radical (unpaired) electrons. The van der Waals surface area contributed by atoms with Gasteiger partial charge in [-0.05, 0) is 61.6 Å². The minimum Gasteiger partial charge on any atom is -0.468 e. The predicted molar refractivity (Wildman–Crippen MR) is 91.5 cm³/mol. The summed E-state index contributed by atoms with van der Waals surface area (Å²) in [6.45, 7) is 0. The molecular weight excluding hydrogens is 321 g/mol. The van der Waals surface area contributed by atoms with Gasteiger partial charge in [0.25, 0.3) is 0 Å². The Kier molecular flexibility index (Phi) is 3.72. The SMILES string of the molecule is COC(=O)[C@]12Cc3cnn(-c4ccc(F)cc4)c3C=C1CC[C@H](N)C2. The van der Waals surface area contributed by atoms with E-state index in [4.69, 9.17) is 10.5 Å². The Morgan fingerprint density at radius 2 is 2.16 bits per heavy atom. The van der Waals surface area contributed by atoms with Crippen LogP contribution < -0.4 is 5.73 Å². The summed E-state index contributed by atoms with van der Waals surface area (Å²) in [5, 5.41) is 4.46. The first-order chi connectivity index (χ1) is 12.0. The first-order valence-corrected chi connectivity index (χ1v) is 8.41. The Morgan fingerprint density at radius 1 is 1.40 bits per heavy atom. The number of halogens is 1. The second-order valence-electron chi connectivity index (χ2n) is 6.87. The quantitative estimate of drug-likeness (QED) is 0.853. The highest BCUT2D eigenvalue weighted by molar-refractivity contribution is 5.85. The topological polar surface area (TPSA) is 70.1 Å². The van der Waals surface area contributed by atoms with Crippen LogP contribution in [-0.2, 0) is 16.0 Å².